The number of esters is 1. The van der Waals surface area contributed by atoms with Gasteiger partial charge in [-0.15, -0.1) is 0 Å². The number of nitrogens with one attached hydrogen (secondary N) is 1. The number of amides is 1. The van der Waals surface area contributed by atoms with E-state index in [1.54, 1.807) is 0 Å². The van der Waals surface area contributed by atoms with Crippen LogP contribution in [0.3, 0.4) is 0 Å². The SMILES string of the molecule is COC(=O)c1ccc(C(=O)NCc2cc(O)cc(O)c2)cc1Cl. The van der Waals surface area contributed by atoms with Crippen LogP contribution in [0.15, 0.2) is 36.4 Å². The lowest BCUT2D eigenvalue weighted by atomic mass is 10.1. The van der Waals surface area contributed by atoms with E-state index in [0.717, 1.165) is 0 Å². The summed E-state index contributed by atoms with van der Waals surface area (Å²) in [4.78, 5) is 23.5. The molecule has 6 nitrogen and oxygen atoms in total. The predicted octanol–water partition coefficient (Wildman–Crippen LogP) is 2.47. The van der Waals surface area contributed by atoms with Crippen molar-refractivity contribution in [1.29, 1.82) is 0 Å². The lowest BCUT2D eigenvalue weighted by molar-refractivity contribution is 0.0600. The first-order chi connectivity index (χ1) is 10.9. The molecule has 0 radical (unpaired) electrons. The normalized spacial score (nSPS) is 10.2. The Balaban J connectivity index is 2.09. The molecule has 0 spiro atoms. The lowest BCUT2D eigenvalue weighted by Crippen LogP contribution is -2.22. The first-order valence-electron chi connectivity index (χ1n) is 6.58. The number of phenols is 2. The van der Waals surface area contributed by atoms with E-state index in [-0.39, 0.29) is 34.2 Å². The molecule has 1 amide bonds. The second kappa shape index (κ2) is 7.02. The standard InChI is InChI=1S/C16H14ClNO5/c1-23-16(22)13-3-2-10(6-14(13)17)15(21)18-8-9-4-11(19)7-12(20)5-9/h2-7,19-20H,8H2,1H3,(H,18,21). The quantitative estimate of drug-likeness (QED) is 0.746. The maximum atomic E-state index is 12.1. The van der Waals surface area contributed by atoms with Gasteiger partial charge >= 0.3 is 5.97 Å². The molecule has 23 heavy (non-hydrogen) atoms. The van der Waals surface area contributed by atoms with E-state index in [1.165, 1.54) is 43.5 Å². The van der Waals surface area contributed by atoms with Crippen LogP contribution in [0.25, 0.3) is 0 Å². The summed E-state index contributed by atoms with van der Waals surface area (Å²) in [5.41, 5.74) is 0.976. The molecule has 2 aromatic carbocycles. The summed E-state index contributed by atoms with van der Waals surface area (Å²) in [6.07, 6.45) is 0. The summed E-state index contributed by atoms with van der Waals surface area (Å²) >= 11 is 5.96. The van der Waals surface area contributed by atoms with Crippen LogP contribution in [0.4, 0.5) is 0 Å². The number of aromatic hydroxyl groups is 2. The number of methoxy groups -OCH3 is 1. The van der Waals surface area contributed by atoms with Crippen molar-refractivity contribution >= 4 is 23.5 Å². The van der Waals surface area contributed by atoms with Gasteiger partial charge in [0.15, 0.2) is 0 Å². The zero-order valence-corrected chi connectivity index (χ0v) is 12.9. The van der Waals surface area contributed by atoms with Gasteiger partial charge in [-0.05, 0) is 35.9 Å². The van der Waals surface area contributed by atoms with E-state index in [1.807, 2.05) is 0 Å². The van der Waals surface area contributed by atoms with Crippen molar-refractivity contribution in [1.82, 2.24) is 5.32 Å². The van der Waals surface area contributed by atoms with E-state index in [0.29, 0.717) is 5.56 Å². The number of carbonyl (C=O) groups is 2. The molecule has 0 fully saturated rings. The zero-order chi connectivity index (χ0) is 17.0. The Morgan fingerprint density at radius 2 is 1.78 bits per heavy atom. The van der Waals surface area contributed by atoms with Crippen molar-refractivity contribution in [2.45, 2.75) is 6.54 Å². The van der Waals surface area contributed by atoms with Gasteiger partial charge in [0.2, 0.25) is 0 Å². The maximum absolute atomic E-state index is 12.1. The highest BCUT2D eigenvalue weighted by Gasteiger charge is 2.14. The molecule has 0 bridgehead atoms. The second-order valence-electron chi connectivity index (χ2n) is 4.73. The van der Waals surface area contributed by atoms with Gasteiger partial charge in [0.1, 0.15) is 11.5 Å². The Bertz CT molecular complexity index is 740. The summed E-state index contributed by atoms with van der Waals surface area (Å²) in [6.45, 7) is 0.108. The van der Waals surface area contributed by atoms with E-state index in [9.17, 15) is 19.8 Å². The lowest BCUT2D eigenvalue weighted by Gasteiger charge is -2.08. The third-order valence-electron chi connectivity index (χ3n) is 3.05. The summed E-state index contributed by atoms with van der Waals surface area (Å²) in [6, 6.07) is 8.26. The van der Waals surface area contributed by atoms with Crippen LogP contribution < -0.4 is 5.32 Å². The molecule has 0 heterocycles. The third kappa shape index (κ3) is 4.14. The number of hydrogen-bond acceptors (Lipinski definition) is 5. The average molecular weight is 336 g/mol. The minimum atomic E-state index is -0.586. The van der Waals surface area contributed by atoms with Crippen molar-refractivity contribution in [3.05, 3.63) is 58.1 Å². The van der Waals surface area contributed by atoms with Gasteiger partial charge in [-0.25, -0.2) is 4.79 Å². The van der Waals surface area contributed by atoms with Gasteiger partial charge < -0.3 is 20.3 Å². The molecular formula is C16H14ClNO5. The molecule has 0 unspecified atom stereocenters. The van der Waals surface area contributed by atoms with Crippen molar-refractivity contribution < 1.29 is 24.5 Å². The molecule has 3 N–H and O–H groups in total. The van der Waals surface area contributed by atoms with Crippen molar-refractivity contribution in [2.75, 3.05) is 7.11 Å². The van der Waals surface area contributed by atoms with E-state index in [2.05, 4.69) is 10.1 Å². The van der Waals surface area contributed by atoms with Crippen LogP contribution in [0, 0.1) is 0 Å². The van der Waals surface area contributed by atoms with Crippen LogP contribution in [-0.4, -0.2) is 29.2 Å². The largest absolute Gasteiger partial charge is 0.508 e. The number of benzene rings is 2. The zero-order valence-electron chi connectivity index (χ0n) is 12.2. The number of halogens is 1. The summed E-state index contributed by atoms with van der Waals surface area (Å²) in [5.74, 6) is -1.19. The summed E-state index contributed by atoms with van der Waals surface area (Å²) in [7, 11) is 1.24. The van der Waals surface area contributed by atoms with Gasteiger partial charge in [0, 0.05) is 18.2 Å². The highest BCUT2D eigenvalue weighted by atomic mass is 35.5. The fourth-order valence-corrected chi connectivity index (χ4v) is 2.23. The molecule has 0 atom stereocenters. The predicted molar refractivity (Wildman–Crippen MR) is 83.7 cm³/mol. The van der Waals surface area contributed by atoms with Gasteiger partial charge in [-0.2, -0.15) is 0 Å². The number of rotatable bonds is 4. The molecule has 2 rings (SSSR count). The molecule has 120 valence electrons. The Labute approximate surface area is 137 Å². The van der Waals surface area contributed by atoms with Crippen LogP contribution in [0.5, 0.6) is 11.5 Å². The van der Waals surface area contributed by atoms with Gasteiger partial charge in [-0.1, -0.05) is 11.6 Å². The molecule has 0 saturated carbocycles. The number of carbonyl (C=O) groups excluding carboxylic acids is 2. The first kappa shape index (κ1) is 16.6. The average Bonchev–Trinajstić information content (AvgIpc) is 2.50. The molecule has 0 saturated heterocycles. The van der Waals surface area contributed by atoms with Gasteiger partial charge in [-0.3, -0.25) is 4.79 Å². The molecule has 2 aromatic rings. The molecular weight excluding hydrogens is 322 g/mol. The van der Waals surface area contributed by atoms with Crippen LogP contribution in [-0.2, 0) is 11.3 Å². The van der Waals surface area contributed by atoms with Crippen LogP contribution in [0.1, 0.15) is 26.3 Å². The van der Waals surface area contributed by atoms with Gasteiger partial charge in [0.25, 0.3) is 5.91 Å². The molecule has 0 aliphatic carbocycles. The van der Waals surface area contributed by atoms with Crippen molar-refractivity contribution in [3.63, 3.8) is 0 Å². The molecule has 0 aromatic heterocycles. The van der Waals surface area contributed by atoms with E-state index in [4.69, 9.17) is 11.6 Å². The molecule has 0 aliphatic heterocycles. The first-order valence-corrected chi connectivity index (χ1v) is 6.96. The Morgan fingerprint density at radius 1 is 1.13 bits per heavy atom. The van der Waals surface area contributed by atoms with E-state index < -0.39 is 11.9 Å². The highest BCUT2D eigenvalue weighted by molar-refractivity contribution is 6.34. The van der Waals surface area contributed by atoms with Crippen LogP contribution in [0.2, 0.25) is 5.02 Å². The van der Waals surface area contributed by atoms with Gasteiger partial charge in [0.05, 0.1) is 17.7 Å². The van der Waals surface area contributed by atoms with Crippen LogP contribution >= 0.6 is 11.6 Å². The summed E-state index contributed by atoms with van der Waals surface area (Å²) in [5, 5.41) is 21.5. The molecule has 0 aliphatic rings. The number of phenolic OH excluding ortho intramolecular Hbond substituents is 2. The highest BCUT2D eigenvalue weighted by Crippen LogP contribution is 2.21. The molecule has 7 heteroatoms. The minimum Gasteiger partial charge on any atom is -0.508 e. The number of ether oxygens (including phenoxy) is 1. The Hall–Kier alpha value is -2.73. The third-order valence-corrected chi connectivity index (χ3v) is 3.36. The topological polar surface area (TPSA) is 95.9 Å². The summed E-state index contributed by atoms with van der Waals surface area (Å²) < 4.78 is 4.57. The monoisotopic (exact) mass is 335 g/mol. The fourth-order valence-electron chi connectivity index (χ4n) is 1.97. The fraction of sp³-hybridized carbons (Fsp3) is 0.125. The second-order valence-corrected chi connectivity index (χ2v) is 5.13. The number of hydrogen-bond donors (Lipinski definition) is 3. The Morgan fingerprint density at radius 3 is 2.35 bits per heavy atom. The van der Waals surface area contributed by atoms with Crippen molar-refractivity contribution in [2.24, 2.45) is 0 Å². The Kier molecular flexibility index (Phi) is 5.08. The minimum absolute atomic E-state index is 0.0975. The van der Waals surface area contributed by atoms with Crippen molar-refractivity contribution in [3.8, 4) is 11.5 Å². The smallest absolute Gasteiger partial charge is 0.339 e. The van der Waals surface area contributed by atoms with E-state index >= 15 is 0 Å². The maximum Gasteiger partial charge on any atom is 0.339 e.